The van der Waals surface area contributed by atoms with Crippen molar-refractivity contribution in [3.63, 3.8) is 0 Å². The largest absolute Gasteiger partial charge is 0.398 e. The Hall–Kier alpha value is -1.14. The number of rotatable bonds is 3. The molecule has 114 valence electrons. The van der Waals surface area contributed by atoms with Gasteiger partial charge in [0.2, 0.25) is 10.0 Å². The summed E-state index contributed by atoms with van der Waals surface area (Å²) in [5, 5.41) is 0. The lowest BCUT2D eigenvalue weighted by Gasteiger charge is -2.34. The van der Waals surface area contributed by atoms with Crippen LogP contribution in [-0.4, -0.2) is 25.8 Å². The van der Waals surface area contributed by atoms with Crippen molar-refractivity contribution < 1.29 is 12.8 Å². The molecule has 0 aliphatic rings. The van der Waals surface area contributed by atoms with Gasteiger partial charge in [-0.3, -0.25) is 0 Å². The maximum atomic E-state index is 14.0. The first-order valence-corrected chi connectivity index (χ1v) is 7.86. The molecule has 1 unspecified atom stereocenters. The van der Waals surface area contributed by atoms with Crippen LogP contribution < -0.4 is 5.73 Å². The molecule has 6 heteroatoms. The third-order valence-electron chi connectivity index (χ3n) is 3.78. The first-order chi connectivity index (χ1) is 8.89. The zero-order valence-electron chi connectivity index (χ0n) is 12.9. The summed E-state index contributed by atoms with van der Waals surface area (Å²) in [4.78, 5) is -0.376. The molecular weight excluding hydrogens is 279 g/mol. The number of halogens is 1. The van der Waals surface area contributed by atoms with Crippen LogP contribution in [0.1, 0.15) is 33.3 Å². The van der Waals surface area contributed by atoms with Gasteiger partial charge in [-0.15, -0.1) is 0 Å². The Morgan fingerprint density at radius 1 is 1.30 bits per heavy atom. The number of anilines is 1. The fraction of sp³-hybridized carbons (Fsp3) is 0.571. The van der Waals surface area contributed by atoms with Gasteiger partial charge in [-0.1, -0.05) is 20.8 Å². The predicted molar refractivity (Wildman–Crippen MR) is 79.4 cm³/mol. The van der Waals surface area contributed by atoms with Crippen LogP contribution in [0.15, 0.2) is 17.0 Å². The molecule has 0 aromatic heterocycles. The van der Waals surface area contributed by atoms with Crippen LogP contribution >= 0.6 is 0 Å². The van der Waals surface area contributed by atoms with Gasteiger partial charge in [-0.05, 0) is 37.0 Å². The number of nitrogens with two attached hydrogens (primary N) is 1. The zero-order valence-corrected chi connectivity index (χ0v) is 13.7. The van der Waals surface area contributed by atoms with Crippen molar-refractivity contribution >= 4 is 15.7 Å². The fourth-order valence-corrected chi connectivity index (χ4v) is 3.40. The molecule has 1 rings (SSSR count). The van der Waals surface area contributed by atoms with Crippen LogP contribution in [0.3, 0.4) is 0 Å². The van der Waals surface area contributed by atoms with Crippen molar-refractivity contribution in [3.8, 4) is 0 Å². The van der Waals surface area contributed by atoms with Crippen LogP contribution in [0.4, 0.5) is 10.1 Å². The molecule has 0 aliphatic carbocycles. The number of hydrogen-bond acceptors (Lipinski definition) is 3. The molecule has 0 amide bonds. The fourth-order valence-electron chi connectivity index (χ4n) is 1.77. The maximum absolute atomic E-state index is 14.0. The molecule has 0 saturated carbocycles. The van der Waals surface area contributed by atoms with E-state index in [1.54, 1.807) is 13.8 Å². The summed E-state index contributed by atoms with van der Waals surface area (Å²) >= 11 is 0. The average molecular weight is 302 g/mol. The molecule has 20 heavy (non-hydrogen) atoms. The molecule has 0 fully saturated rings. The van der Waals surface area contributed by atoms with Gasteiger partial charge < -0.3 is 5.73 Å². The van der Waals surface area contributed by atoms with E-state index >= 15 is 0 Å². The van der Waals surface area contributed by atoms with Gasteiger partial charge in [0.15, 0.2) is 0 Å². The molecule has 0 aliphatic heterocycles. The highest BCUT2D eigenvalue weighted by atomic mass is 32.2. The molecule has 0 heterocycles. The van der Waals surface area contributed by atoms with Gasteiger partial charge in [0, 0.05) is 18.8 Å². The highest BCUT2D eigenvalue weighted by Crippen LogP contribution is 2.30. The predicted octanol–water partition coefficient (Wildman–Crippen LogP) is 2.77. The number of aryl methyl sites for hydroxylation is 1. The standard InChI is InChI=1S/C14H23FN2O2S/c1-9-7-11(15)13(8-12(9)16)20(18,19)17(6)10(2)14(3,4)5/h7-8,10H,16H2,1-6H3. The third-order valence-corrected chi connectivity index (χ3v) is 5.72. The second-order valence-corrected chi connectivity index (χ2v) is 8.17. The minimum atomic E-state index is -3.91. The third kappa shape index (κ3) is 3.12. The van der Waals surface area contributed by atoms with Crippen molar-refractivity contribution in [1.29, 1.82) is 0 Å². The summed E-state index contributed by atoms with van der Waals surface area (Å²) in [6, 6.07) is 2.05. The van der Waals surface area contributed by atoms with Crippen molar-refractivity contribution in [2.45, 2.75) is 45.6 Å². The number of nitrogens with zero attached hydrogens (tertiary/aromatic N) is 1. The lowest BCUT2D eigenvalue weighted by Crippen LogP contribution is -2.43. The van der Waals surface area contributed by atoms with Crippen LogP contribution in [0.5, 0.6) is 0 Å². The molecule has 2 N–H and O–H groups in total. The van der Waals surface area contributed by atoms with E-state index in [1.165, 1.54) is 17.4 Å². The molecule has 0 bridgehead atoms. The van der Waals surface area contributed by atoms with Crippen LogP contribution in [0, 0.1) is 18.2 Å². The molecule has 1 aromatic rings. The topological polar surface area (TPSA) is 63.4 Å². The van der Waals surface area contributed by atoms with E-state index in [4.69, 9.17) is 5.73 Å². The number of hydrogen-bond donors (Lipinski definition) is 1. The Morgan fingerprint density at radius 3 is 2.25 bits per heavy atom. The summed E-state index contributed by atoms with van der Waals surface area (Å²) in [7, 11) is -2.45. The van der Waals surface area contributed by atoms with E-state index in [0.29, 0.717) is 5.56 Å². The number of benzene rings is 1. The Balaban J connectivity index is 3.34. The normalized spacial score (nSPS) is 14.6. The summed E-state index contributed by atoms with van der Waals surface area (Å²) < 4.78 is 40.2. The minimum Gasteiger partial charge on any atom is -0.398 e. The van der Waals surface area contributed by atoms with Gasteiger partial charge in [0.1, 0.15) is 10.7 Å². The maximum Gasteiger partial charge on any atom is 0.246 e. The van der Waals surface area contributed by atoms with Gasteiger partial charge in [-0.2, -0.15) is 4.31 Å². The first kappa shape index (κ1) is 16.9. The summed E-state index contributed by atoms with van der Waals surface area (Å²) in [5.41, 5.74) is 6.23. The van der Waals surface area contributed by atoms with Crippen LogP contribution in [0.25, 0.3) is 0 Å². The lowest BCUT2D eigenvalue weighted by atomic mass is 9.88. The Kier molecular flexibility index (Phi) is 4.51. The molecule has 0 saturated heterocycles. The van der Waals surface area contributed by atoms with Crippen LogP contribution in [0.2, 0.25) is 0 Å². The Morgan fingerprint density at radius 2 is 1.80 bits per heavy atom. The van der Waals surface area contributed by atoms with E-state index in [1.807, 2.05) is 20.8 Å². The second-order valence-electron chi connectivity index (χ2n) is 6.20. The average Bonchev–Trinajstić information content (AvgIpc) is 2.30. The number of sulfonamides is 1. The number of nitrogen functional groups attached to an aromatic ring is 1. The van der Waals surface area contributed by atoms with Gasteiger partial charge >= 0.3 is 0 Å². The second kappa shape index (κ2) is 5.33. The molecule has 1 atom stereocenters. The first-order valence-electron chi connectivity index (χ1n) is 6.42. The summed E-state index contributed by atoms with van der Waals surface area (Å²) in [5.74, 6) is -0.773. The Bertz CT molecular complexity index is 606. The molecule has 0 spiro atoms. The van der Waals surface area contributed by atoms with Crippen LogP contribution in [-0.2, 0) is 10.0 Å². The lowest BCUT2D eigenvalue weighted by molar-refractivity contribution is 0.216. The Labute approximate surface area is 120 Å². The van der Waals surface area contributed by atoms with E-state index in [2.05, 4.69) is 0 Å². The monoisotopic (exact) mass is 302 g/mol. The van der Waals surface area contributed by atoms with E-state index < -0.39 is 15.8 Å². The van der Waals surface area contributed by atoms with Gasteiger partial charge in [0.05, 0.1) is 0 Å². The summed E-state index contributed by atoms with van der Waals surface area (Å²) in [6.07, 6.45) is 0. The van der Waals surface area contributed by atoms with Crippen molar-refractivity contribution in [2.24, 2.45) is 5.41 Å². The highest BCUT2D eigenvalue weighted by molar-refractivity contribution is 7.89. The van der Waals surface area contributed by atoms with E-state index in [0.717, 1.165) is 6.07 Å². The SMILES string of the molecule is Cc1cc(F)c(S(=O)(=O)N(C)C(C)C(C)(C)C)cc1N. The smallest absolute Gasteiger partial charge is 0.246 e. The molecule has 1 aromatic carbocycles. The quantitative estimate of drug-likeness (QED) is 0.873. The molecular formula is C14H23FN2O2S. The van der Waals surface area contributed by atoms with E-state index in [9.17, 15) is 12.8 Å². The van der Waals surface area contributed by atoms with Gasteiger partial charge in [-0.25, -0.2) is 12.8 Å². The van der Waals surface area contributed by atoms with Gasteiger partial charge in [0.25, 0.3) is 0 Å². The molecule has 0 radical (unpaired) electrons. The molecule has 4 nitrogen and oxygen atoms in total. The van der Waals surface area contributed by atoms with Crippen molar-refractivity contribution in [3.05, 3.63) is 23.5 Å². The zero-order chi connectivity index (χ0) is 15.9. The van der Waals surface area contributed by atoms with Crippen molar-refractivity contribution in [2.75, 3.05) is 12.8 Å². The van der Waals surface area contributed by atoms with Crippen molar-refractivity contribution in [1.82, 2.24) is 4.31 Å². The minimum absolute atomic E-state index is 0.255. The summed E-state index contributed by atoms with van der Waals surface area (Å²) in [6.45, 7) is 9.24. The van der Waals surface area contributed by atoms with E-state index in [-0.39, 0.29) is 22.0 Å². The highest BCUT2D eigenvalue weighted by Gasteiger charge is 2.34.